The third-order valence-electron chi connectivity index (χ3n) is 10.0. The van der Waals surface area contributed by atoms with Gasteiger partial charge in [0, 0.05) is 6.42 Å². The standard InChI is InChI=1S/C25H42O6/c1-8-11-25(20(26)27,30-28-23(6)12-9-16-14-18(23)21(16,2)3)31-29-24(7)13-10-17-15-19(24)22(17,4)5/h16-19H,8-15H2,1-7H3,(H,26,27). The average Bonchev–Trinajstić information content (AvgIpc) is 2.69. The van der Waals surface area contributed by atoms with E-state index in [-0.39, 0.29) is 17.3 Å². The Balaban J connectivity index is 1.47. The van der Waals surface area contributed by atoms with E-state index in [9.17, 15) is 9.90 Å². The van der Waals surface area contributed by atoms with Crippen LogP contribution in [-0.4, -0.2) is 28.1 Å². The molecule has 0 spiro atoms. The van der Waals surface area contributed by atoms with Crippen LogP contribution in [0.1, 0.15) is 99.8 Å². The van der Waals surface area contributed by atoms with Gasteiger partial charge in [-0.1, -0.05) is 41.0 Å². The van der Waals surface area contributed by atoms with Crippen molar-refractivity contribution in [3.05, 3.63) is 0 Å². The summed E-state index contributed by atoms with van der Waals surface area (Å²) in [6.45, 7) is 15.1. The van der Waals surface area contributed by atoms with E-state index in [4.69, 9.17) is 19.6 Å². The molecule has 6 rings (SSSR count). The van der Waals surface area contributed by atoms with E-state index in [1.807, 2.05) is 20.8 Å². The number of fused-ring (bicyclic) bond motifs is 4. The van der Waals surface area contributed by atoms with Crippen molar-refractivity contribution >= 4 is 5.97 Å². The molecule has 6 heteroatoms. The summed E-state index contributed by atoms with van der Waals surface area (Å²) in [5, 5.41) is 10.1. The second-order valence-electron chi connectivity index (χ2n) is 12.5. The molecule has 0 heterocycles. The number of hydrogen-bond donors (Lipinski definition) is 1. The van der Waals surface area contributed by atoms with Crippen molar-refractivity contribution in [1.82, 2.24) is 0 Å². The Kier molecular flexibility index (Phi) is 5.61. The molecule has 31 heavy (non-hydrogen) atoms. The lowest BCUT2D eigenvalue weighted by atomic mass is 9.44. The molecule has 0 amide bonds. The maximum absolute atomic E-state index is 12.4. The van der Waals surface area contributed by atoms with E-state index in [1.165, 1.54) is 0 Å². The van der Waals surface area contributed by atoms with Crippen LogP contribution >= 0.6 is 0 Å². The van der Waals surface area contributed by atoms with Crippen molar-refractivity contribution in [3.8, 4) is 0 Å². The molecule has 6 saturated carbocycles. The van der Waals surface area contributed by atoms with Crippen molar-refractivity contribution in [3.63, 3.8) is 0 Å². The first-order chi connectivity index (χ1) is 14.3. The van der Waals surface area contributed by atoms with E-state index in [0.717, 1.165) is 50.4 Å². The highest BCUT2D eigenvalue weighted by atomic mass is 17.3. The molecule has 6 fully saturated rings. The van der Waals surface area contributed by atoms with E-state index in [1.54, 1.807) is 0 Å². The molecule has 0 aliphatic heterocycles. The monoisotopic (exact) mass is 438 g/mol. The molecular weight excluding hydrogens is 396 g/mol. The fourth-order valence-electron chi connectivity index (χ4n) is 7.48. The summed E-state index contributed by atoms with van der Waals surface area (Å²) < 4.78 is 0. The van der Waals surface area contributed by atoms with Crippen LogP contribution in [0.25, 0.3) is 0 Å². The van der Waals surface area contributed by atoms with Crippen LogP contribution in [0, 0.1) is 34.5 Å². The minimum absolute atomic E-state index is 0.155. The summed E-state index contributed by atoms with van der Waals surface area (Å²) in [6, 6.07) is 0. The largest absolute Gasteiger partial charge is 0.477 e. The number of hydrogen-bond acceptors (Lipinski definition) is 5. The molecule has 0 saturated heterocycles. The smallest absolute Gasteiger partial charge is 0.370 e. The van der Waals surface area contributed by atoms with Crippen LogP contribution in [-0.2, 0) is 24.3 Å². The second kappa shape index (κ2) is 7.41. The first kappa shape index (κ1) is 23.5. The van der Waals surface area contributed by atoms with Gasteiger partial charge in [0.1, 0.15) is 11.2 Å². The van der Waals surface area contributed by atoms with Gasteiger partial charge in [-0.3, -0.25) is 0 Å². The molecule has 0 aromatic heterocycles. The van der Waals surface area contributed by atoms with Gasteiger partial charge in [0.15, 0.2) is 0 Å². The van der Waals surface area contributed by atoms with E-state index >= 15 is 0 Å². The van der Waals surface area contributed by atoms with Gasteiger partial charge in [0.25, 0.3) is 0 Å². The quantitative estimate of drug-likeness (QED) is 0.275. The van der Waals surface area contributed by atoms with Crippen molar-refractivity contribution in [2.75, 3.05) is 0 Å². The van der Waals surface area contributed by atoms with E-state index in [0.29, 0.717) is 18.3 Å². The van der Waals surface area contributed by atoms with Gasteiger partial charge >= 0.3 is 11.8 Å². The molecule has 6 aliphatic carbocycles. The molecule has 6 nitrogen and oxygen atoms in total. The number of carboxylic acid groups (broad SMARTS) is 1. The third kappa shape index (κ3) is 3.48. The van der Waals surface area contributed by atoms with Gasteiger partial charge in [-0.05, 0) is 86.9 Å². The molecule has 0 aromatic rings. The summed E-state index contributed by atoms with van der Waals surface area (Å²) in [4.78, 5) is 35.9. The molecule has 0 radical (unpaired) electrons. The van der Waals surface area contributed by atoms with Gasteiger partial charge in [-0.25, -0.2) is 14.6 Å². The summed E-state index contributed by atoms with van der Waals surface area (Å²) in [7, 11) is 0. The zero-order valence-electron chi connectivity index (χ0n) is 20.5. The Bertz CT molecular complexity index is 665. The van der Waals surface area contributed by atoms with Crippen LogP contribution in [0.3, 0.4) is 0 Å². The fourth-order valence-corrected chi connectivity index (χ4v) is 7.48. The van der Waals surface area contributed by atoms with Crippen molar-refractivity contribution in [1.29, 1.82) is 0 Å². The average molecular weight is 439 g/mol. The number of aliphatic carboxylic acids is 1. The topological polar surface area (TPSA) is 74.2 Å². The van der Waals surface area contributed by atoms with Crippen molar-refractivity contribution in [2.24, 2.45) is 34.5 Å². The van der Waals surface area contributed by atoms with Gasteiger partial charge in [0.2, 0.25) is 0 Å². The summed E-state index contributed by atoms with van der Waals surface area (Å²) in [5.41, 5.74) is -0.666. The molecule has 6 unspecified atom stereocenters. The van der Waals surface area contributed by atoms with Crippen molar-refractivity contribution in [2.45, 2.75) is 117 Å². The van der Waals surface area contributed by atoms with Gasteiger partial charge in [0.05, 0.1) is 0 Å². The maximum atomic E-state index is 12.4. The molecule has 6 aliphatic rings. The first-order valence-corrected chi connectivity index (χ1v) is 12.3. The Labute approximate surface area is 187 Å². The molecule has 1 N–H and O–H groups in total. The van der Waals surface area contributed by atoms with Crippen LogP contribution in [0.15, 0.2) is 0 Å². The van der Waals surface area contributed by atoms with Crippen LogP contribution < -0.4 is 0 Å². The zero-order valence-corrected chi connectivity index (χ0v) is 20.5. The molecule has 4 bridgehead atoms. The highest BCUT2D eigenvalue weighted by Crippen LogP contribution is 2.65. The number of carbonyl (C=O) groups is 1. The maximum Gasteiger partial charge on any atom is 0.370 e. The molecule has 6 atom stereocenters. The zero-order chi connectivity index (χ0) is 22.9. The minimum Gasteiger partial charge on any atom is -0.477 e. The van der Waals surface area contributed by atoms with E-state index < -0.39 is 23.0 Å². The Morgan fingerprint density at radius 3 is 1.58 bits per heavy atom. The van der Waals surface area contributed by atoms with Crippen LogP contribution in [0.4, 0.5) is 0 Å². The lowest BCUT2D eigenvalue weighted by Crippen LogP contribution is -2.63. The number of rotatable bonds is 9. The second-order valence-corrected chi connectivity index (χ2v) is 12.5. The summed E-state index contributed by atoms with van der Waals surface area (Å²) in [6.07, 6.45) is 6.81. The van der Waals surface area contributed by atoms with Gasteiger partial charge in [-0.2, -0.15) is 9.78 Å². The van der Waals surface area contributed by atoms with Gasteiger partial charge in [-0.15, -0.1) is 0 Å². The molecular formula is C25H42O6. The number of carboxylic acids is 1. The lowest BCUT2D eigenvalue weighted by Gasteiger charge is -2.63. The Morgan fingerprint density at radius 2 is 1.29 bits per heavy atom. The van der Waals surface area contributed by atoms with Gasteiger partial charge < -0.3 is 5.11 Å². The van der Waals surface area contributed by atoms with E-state index in [2.05, 4.69) is 27.7 Å². The van der Waals surface area contributed by atoms with Crippen LogP contribution in [0.2, 0.25) is 0 Å². The molecule has 0 aromatic carbocycles. The highest BCUT2D eigenvalue weighted by molar-refractivity contribution is 5.75. The summed E-state index contributed by atoms with van der Waals surface area (Å²) >= 11 is 0. The first-order valence-electron chi connectivity index (χ1n) is 12.3. The highest BCUT2D eigenvalue weighted by Gasteiger charge is 2.63. The third-order valence-corrected chi connectivity index (χ3v) is 10.0. The predicted molar refractivity (Wildman–Crippen MR) is 116 cm³/mol. The SMILES string of the molecule is CCCC(OOC1(C)CCC2CC1C2(C)C)(OOC1(C)CCC2CC1C2(C)C)C(=O)O. The van der Waals surface area contributed by atoms with Crippen molar-refractivity contribution < 1.29 is 29.5 Å². The Hall–Kier alpha value is -0.690. The Morgan fingerprint density at radius 1 is 0.871 bits per heavy atom. The minimum atomic E-state index is -1.96. The van der Waals surface area contributed by atoms with Crippen LogP contribution in [0.5, 0.6) is 0 Å². The fraction of sp³-hybridized carbons (Fsp3) is 0.960. The predicted octanol–water partition coefficient (Wildman–Crippen LogP) is 5.89. The summed E-state index contributed by atoms with van der Waals surface area (Å²) in [5.74, 6) is -1.04. The molecule has 178 valence electrons. The lowest BCUT2D eigenvalue weighted by molar-refractivity contribution is -0.548. The normalized spacial score (nSPS) is 44.0.